The molecule has 106 valence electrons. The van der Waals surface area contributed by atoms with Gasteiger partial charge in [-0.3, -0.25) is 4.79 Å². The topological polar surface area (TPSA) is 55.1 Å². The minimum absolute atomic E-state index is 0.160. The van der Waals surface area contributed by atoms with Gasteiger partial charge in [0, 0.05) is 17.0 Å². The molecule has 2 rings (SSSR count). The van der Waals surface area contributed by atoms with Crippen LogP contribution in [0.2, 0.25) is 0 Å². The van der Waals surface area contributed by atoms with E-state index in [1.807, 2.05) is 13.8 Å². The molecule has 1 amide bonds. The number of carbonyl (C=O) groups excluding carboxylic acids is 1. The molecule has 4 nitrogen and oxygen atoms in total. The van der Waals surface area contributed by atoms with Gasteiger partial charge in [0.15, 0.2) is 0 Å². The molecule has 1 aromatic carbocycles. The number of benzene rings is 1. The van der Waals surface area contributed by atoms with E-state index in [9.17, 15) is 9.18 Å². The van der Waals surface area contributed by atoms with Gasteiger partial charge in [-0.05, 0) is 32.0 Å². The van der Waals surface area contributed by atoms with Crippen LogP contribution in [-0.2, 0) is 10.5 Å². The average molecular weight is 294 g/mol. The Morgan fingerprint density at radius 3 is 2.90 bits per heavy atom. The Morgan fingerprint density at radius 2 is 2.25 bits per heavy atom. The first-order chi connectivity index (χ1) is 9.56. The Labute approximate surface area is 120 Å². The summed E-state index contributed by atoms with van der Waals surface area (Å²) in [7, 11) is 0. The lowest BCUT2D eigenvalue weighted by molar-refractivity contribution is -0.113. The highest BCUT2D eigenvalue weighted by molar-refractivity contribution is 7.99. The van der Waals surface area contributed by atoms with Crippen molar-refractivity contribution in [1.82, 2.24) is 5.16 Å². The molecule has 0 atom stereocenters. The van der Waals surface area contributed by atoms with E-state index in [1.54, 1.807) is 12.1 Å². The predicted molar refractivity (Wildman–Crippen MR) is 77.2 cm³/mol. The van der Waals surface area contributed by atoms with Crippen LogP contribution in [0.1, 0.15) is 17.0 Å². The summed E-state index contributed by atoms with van der Waals surface area (Å²) in [6.45, 7) is 3.72. The number of nitrogens with one attached hydrogen (secondary N) is 1. The first-order valence-electron chi connectivity index (χ1n) is 6.11. The molecule has 0 saturated carbocycles. The molecule has 0 spiro atoms. The summed E-state index contributed by atoms with van der Waals surface area (Å²) >= 11 is 1.47. The fourth-order valence-corrected chi connectivity index (χ4v) is 2.69. The molecule has 0 bridgehead atoms. The molecule has 0 saturated heterocycles. The summed E-state index contributed by atoms with van der Waals surface area (Å²) in [6.07, 6.45) is 0. The number of rotatable bonds is 5. The van der Waals surface area contributed by atoms with Crippen molar-refractivity contribution in [2.45, 2.75) is 19.6 Å². The standard InChI is InChI=1S/C14H15FN2O2S/c1-9-13(10(2)19-17-9)7-20-8-14(18)16-12-5-3-4-11(15)6-12/h3-6H,7-8H2,1-2H3,(H,16,18). The Bertz CT molecular complexity index is 593. The molecular weight excluding hydrogens is 279 g/mol. The van der Waals surface area contributed by atoms with Gasteiger partial charge in [0.1, 0.15) is 11.6 Å². The largest absolute Gasteiger partial charge is 0.361 e. The molecular formula is C14H15FN2O2S. The van der Waals surface area contributed by atoms with E-state index in [0.717, 1.165) is 17.0 Å². The Balaban J connectivity index is 1.81. The maximum atomic E-state index is 13.0. The summed E-state index contributed by atoms with van der Waals surface area (Å²) in [5.41, 5.74) is 2.34. The van der Waals surface area contributed by atoms with Gasteiger partial charge >= 0.3 is 0 Å². The summed E-state index contributed by atoms with van der Waals surface area (Å²) in [5, 5.41) is 6.51. The SMILES string of the molecule is Cc1noc(C)c1CSCC(=O)Nc1cccc(F)c1. The maximum absolute atomic E-state index is 13.0. The second kappa shape index (κ2) is 6.56. The number of thioether (sulfide) groups is 1. The zero-order chi connectivity index (χ0) is 14.5. The highest BCUT2D eigenvalue weighted by Gasteiger charge is 2.10. The van der Waals surface area contributed by atoms with E-state index < -0.39 is 0 Å². The van der Waals surface area contributed by atoms with Gasteiger partial charge < -0.3 is 9.84 Å². The van der Waals surface area contributed by atoms with Gasteiger partial charge in [-0.25, -0.2) is 4.39 Å². The van der Waals surface area contributed by atoms with E-state index in [4.69, 9.17) is 4.52 Å². The third-order valence-corrected chi connectivity index (χ3v) is 3.73. The fourth-order valence-electron chi connectivity index (χ4n) is 1.72. The molecule has 6 heteroatoms. The minimum atomic E-state index is -0.369. The van der Waals surface area contributed by atoms with E-state index in [1.165, 1.54) is 23.9 Å². The van der Waals surface area contributed by atoms with Crippen molar-refractivity contribution in [3.8, 4) is 0 Å². The number of hydrogen-bond donors (Lipinski definition) is 1. The lowest BCUT2D eigenvalue weighted by atomic mass is 10.2. The molecule has 0 fully saturated rings. The third-order valence-electron chi connectivity index (χ3n) is 2.77. The van der Waals surface area contributed by atoms with Crippen molar-refractivity contribution in [1.29, 1.82) is 0 Å². The first-order valence-corrected chi connectivity index (χ1v) is 7.26. The Morgan fingerprint density at radius 1 is 1.45 bits per heavy atom. The quantitative estimate of drug-likeness (QED) is 0.919. The van der Waals surface area contributed by atoms with Gasteiger partial charge in [-0.2, -0.15) is 0 Å². The van der Waals surface area contributed by atoms with Crippen LogP contribution < -0.4 is 5.32 Å². The number of halogens is 1. The van der Waals surface area contributed by atoms with Crippen molar-refractivity contribution in [2.75, 3.05) is 11.1 Å². The summed E-state index contributed by atoms with van der Waals surface area (Å²) in [5.74, 6) is 1.21. The molecule has 0 aliphatic carbocycles. The molecule has 1 N–H and O–H groups in total. The van der Waals surface area contributed by atoms with Crippen LogP contribution in [0, 0.1) is 19.7 Å². The third kappa shape index (κ3) is 3.84. The van der Waals surface area contributed by atoms with Crippen molar-refractivity contribution >= 4 is 23.4 Å². The number of aromatic nitrogens is 1. The number of aryl methyl sites for hydroxylation is 2. The van der Waals surface area contributed by atoms with Gasteiger partial charge in [-0.15, -0.1) is 11.8 Å². The van der Waals surface area contributed by atoms with Gasteiger partial charge in [0.2, 0.25) is 5.91 Å². The molecule has 0 unspecified atom stereocenters. The van der Waals surface area contributed by atoms with Gasteiger partial charge in [0.25, 0.3) is 0 Å². The van der Waals surface area contributed by atoms with E-state index >= 15 is 0 Å². The van der Waals surface area contributed by atoms with Crippen LogP contribution in [0.5, 0.6) is 0 Å². The molecule has 0 aliphatic rings. The van der Waals surface area contributed by atoms with Gasteiger partial charge in [-0.1, -0.05) is 11.2 Å². The number of amides is 1. The molecule has 1 aromatic heterocycles. The molecule has 20 heavy (non-hydrogen) atoms. The summed E-state index contributed by atoms with van der Waals surface area (Å²) in [4.78, 5) is 11.7. The smallest absolute Gasteiger partial charge is 0.234 e. The van der Waals surface area contributed by atoms with E-state index in [2.05, 4.69) is 10.5 Å². The highest BCUT2D eigenvalue weighted by Crippen LogP contribution is 2.19. The zero-order valence-corrected chi connectivity index (χ0v) is 12.1. The number of anilines is 1. The van der Waals surface area contributed by atoms with Crippen LogP contribution in [-0.4, -0.2) is 16.8 Å². The maximum Gasteiger partial charge on any atom is 0.234 e. The normalized spacial score (nSPS) is 10.6. The zero-order valence-electron chi connectivity index (χ0n) is 11.3. The monoisotopic (exact) mass is 294 g/mol. The summed E-state index contributed by atoms with van der Waals surface area (Å²) < 4.78 is 18.0. The van der Waals surface area contributed by atoms with Crippen LogP contribution in [0.3, 0.4) is 0 Å². The summed E-state index contributed by atoms with van der Waals surface area (Å²) in [6, 6.07) is 5.83. The Hall–Kier alpha value is -1.82. The lowest BCUT2D eigenvalue weighted by Gasteiger charge is -2.05. The predicted octanol–water partition coefficient (Wildman–Crippen LogP) is 3.30. The van der Waals surface area contributed by atoms with Crippen molar-refractivity contribution in [3.05, 3.63) is 47.1 Å². The number of nitrogens with zero attached hydrogens (tertiary/aromatic N) is 1. The van der Waals surface area contributed by atoms with Crippen molar-refractivity contribution in [3.63, 3.8) is 0 Å². The molecule has 0 aliphatic heterocycles. The van der Waals surface area contributed by atoms with Crippen molar-refractivity contribution in [2.24, 2.45) is 0 Å². The number of hydrogen-bond acceptors (Lipinski definition) is 4. The van der Waals surface area contributed by atoms with Crippen molar-refractivity contribution < 1.29 is 13.7 Å². The Kier molecular flexibility index (Phi) is 4.79. The van der Waals surface area contributed by atoms with E-state index in [-0.39, 0.29) is 11.7 Å². The number of carbonyl (C=O) groups is 1. The van der Waals surface area contributed by atoms with Crippen LogP contribution in [0.25, 0.3) is 0 Å². The molecule has 1 heterocycles. The van der Waals surface area contributed by atoms with Crippen LogP contribution in [0.4, 0.5) is 10.1 Å². The molecule has 0 radical (unpaired) electrons. The van der Waals surface area contributed by atoms with Crippen LogP contribution >= 0.6 is 11.8 Å². The average Bonchev–Trinajstić information content (AvgIpc) is 2.70. The fraction of sp³-hybridized carbons (Fsp3) is 0.286. The second-order valence-corrected chi connectivity index (χ2v) is 5.34. The van der Waals surface area contributed by atoms with E-state index in [0.29, 0.717) is 17.2 Å². The molecule has 2 aromatic rings. The second-order valence-electron chi connectivity index (χ2n) is 4.35. The van der Waals surface area contributed by atoms with Crippen LogP contribution in [0.15, 0.2) is 28.8 Å². The first kappa shape index (κ1) is 14.6. The lowest BCUT2D eigenvalue weighted by Crippen LogP contribution is -2.14. The minimum Gasteiger partial charge on any atom is -0.361 e. The highest BCUT2D eigenvalue weighted by atomic mass is 32.2. The van der Waals surface area contributed by atoms with Gasteiger partial charge in [0.05, 0.1) is 11.4 Å².